The molecule has 0 aliphatic carbocycles. The summed E-state index contributed by atoms with van der Waals surface area (Å²) in [4.78, 5) is 2.26. The third kappa shape index (κ3) is 5.12. The molecular weight excluding hydrogens is 355 g/mol. The molecule has 0 bridgehead atoms. The lowest BCUT2D eigenvalue weighted by molar-refractivity contribution is 0.158. The van der Waals surface area contributed by atoms with E-state index in [4.69, 9.17) is 0 Å². The molecule has 1 fully saturated rings. The first-order valence-corrected chi connectivity index (χ1v) is 10.6. The van der Waals surface area contributed by atoms with Crippen molar-refractivity contribution in [1.82, 2.24) is 19.4 Å². The highest BCUT2D eigenvalue weighted by atomic mass is 32.2. The Morgan fingerprint density at radius 1 is 1.19 bits per heavy atom. The number of nitrogens with zero attached hydrogens (tertiary/aromatic N) is 3. The van der Waals surface area contributed by atoms with Gasteiger partial charge in [0.15, 0.2) is 0 Å². The second kappa shape index (κ2) is 8.28. The Morgan fingerprint density at radius 2 is 1.88 bits per heavy atom. The van der Waals surface area contributed by atoms with Crippen molar-refractivity contribution in [2.45, 2.75) is 38.9 Å². The molecule has 0 amide bonds. The summed E-state index contributed by atoms with van der Waals surface area (Å²) in [7, 11) is -3.15. The maximum Gasteiger partial charge on any atom is 0.211 e. The predicted octanol–water partition coefficient (Wildman–Crippen LogP) is 2.44. The highest BCUT2D eigenvalue weighted by Gasteiger charge is 2.23. The van der Waals surface area contributed by atoms with E-state index < -0.39 is 10.0 Å². The average molecular weight is 380 g/mol. The molecule has 0 spiro atoms. The van der Waals surface area contributed by atoms with E-state index in [9.17, 15) is 12.8 Å². The number of piperidine rings is 1. The molecule has 1 aromatic heterocycles. The molecule has 1 N–H and O–H groups in total. The number of sulfonamides is 1. The zero-order valence-corrected chi connectivity index (χ0v) is 15.8. The minimum Gasteiger partial charge on any atom is -0.284 e. The second-order valence-electron chi connectivity index (χ2n) is 6.72. The summed E-state index contributed by atoms with van der Waals surface area (Å²) in [6.45, 7) is 4.18. The normalized spacial score (nSPS) is 16.8. The van der Waals surface area contributed by atoms with E-state index in [0.717, 1.165) is 37.2 Å². The quantitative estimate of drug-likeness (QED) is 0.801. The third-order valence-corrected chi connectivity index (χ3v) is 6.17. The first-order chi connectivity index (χ1) is 12.4. The lowest BCUT2D eigenvalue weighted by atomic mass is 10.1. The molecular formula is C18H25FN4O2S. The van der Waals surface area contributed by atoms with Crippen molar-refractivity contribution < 1.29 is 12.8 Å². The maximum atomic E-state index is 13.0. The summed E-state index contributed by atoms with van der Waals surface area (Å²) in [5, 5.41) is 4.55. The molecule has 3 rings (SSSR count). The van der Waals surface area contributed by atoms with Crippen LogP contribution < -0.4 is 4.72 Å². The fraction of sp³-hybridized carbons (Fsp3) is 0.500. The smallest absolute Gasteiger partial charge is 0.211 e. The van der Waals surface area contributed by atoms with Crippen molar-refractivity contribution in [2.24, 2.45) is 0 Å². The van der Waals surface area contributed by atoms with Crippen molar-refractivity contribution >= 4 is 10.0 Å². The summed E-state index contributed by atoms with van der Waals surface area (Å²) in [6, 6.07) is 8.23. The van der Waals surface area contributed by atoms with Gasteiger partial charge in [-0.1, -0.05) is 6.92 Å². The Morgan fingerprint density at radius 3 is 2.54 bits per heavy atom. The van der Waals surface area contributed by atoms with Crippen LogP contribution in [0.2, 0.25) is 0 Å². The lowest BCUT2D eigenvalue weighted by Crippen LogP contribution is -2.45. The molecule has 8 heteroatoms. The SMILES string of the molecule is CCCS(=O)(=O)NC1CCN(Cn2ccc(-c3ccc(F)cc3)n2)CC1. The molecule has 0 saturated carbocycles. The molecule has 1 saturated heterocycles. The maximum absolute atomic E-state index is 13.0. The fourth-order valence-electron chi connectivity index (χ4n) is 3.19. The number of rotatable bonds is 7. The van der Waals surface area contributed by atoms with Crippen LogP contribution in [0.15, 0.2) is 36.5 Å². The van der Waals surface area contributed by atoms with Crippen LogP contribution in [-0.4, -0.2) is 48.0 Å². The van der Waals surface area contributed by atoms with Crippen molar-refractivity contribution in [3.8, 4) is 11.3 Å². The Bertz CT molecular complexity index is 812. The highest BCUT2D eigenvalue weighted by molar-refractivity contribution is 7.89. The topological polar surface area (TPSA) is 67.2 Å². The van der Waals surface area contributed by atoms with Gasteiger partial charge >= 0.3 is 0 Å². The molecule has 0 radical (unpaired) electrons. The predicted molar refractivity (Wildman–Crippen MR) is 99.4 cm³/mol. The van der Waals surface area contributed by atoms with Gasteiger partial charge in [0, 0.05) is 30.9 Å². The molecule has 0 unspecified atom stereocenters. The van der Waals surface area contributed by atoms with E-state index in [-0.39, 0.29) is 17.6 Å². The van der Waals surface area contributed by atoms with E-state index in [0.29, 0.717) is 13.1 Å². The largest absolute Gasteiger partial charge is 0.284 e. The summed E-state index contributed by atoms with van der Waals surface area (Å²) < 4.78 is 41.4. The first kappa shape index (κ1) is 19.0. The molecule has 2 heterocycles. The molecule has 0 atom stereocenters. The van der Waals surface area contributed by atoms with Gasteiger partial charge in [-0.05, 0) is 49.6 Å². The Hall–Kier alpha value is -1.77. The molecule has 1 aliphatic rings. The van der Waals surface area contributed by atoms with E-state index in [2.05, 4.69) is 14.7 Å². The van der Waals surface area contributed by atoms with Gasteiger partial charge in [0.25, 0.3) is 0 Å². The number of likely N-dealkylation sites (tertiary alicyclic amines) is 1. The number of halogens is 1. The standard InChI is InChI=1S/C18H25FN4O2S/c1-2-13-26(24,25)21-17-7-10-22(11-8-17)14-23-12-9-18(20-23)15-3-5-16(19)6-4-15/h3-6,9,12,17,21H,2,7-8,10-11,13-14H2,1H3. The van der Waals surface area contributed by atoms with Gasteiger partial charge in [-0.2, -0.15) is 5.10 Å². The van der Waals surface area contributed by atoms with Crippen LogP contribution in [-0.2, 0) is 16.7 Å². The van der Waals surface area contributed by atoms with Gasteiger partial charge in [0.05, 0.1) is 18.1 Å². The number of hydrogen-bond donors (Lipinski definition) is 1. The summed E-state index contributed by atoms with van der Waals surface area (Å²) >= 11 is 0. The van der Waals surface area contributed by atoms with Gasteiger partial charge in [-0.3, -0.25) is 9.58 Å². The van der Waals surface area contributed by atoms with Crippen molar-refractivity contribution in [1.29, 1.82) is 0 Å². The Balaban J connectivity index is 1.51. The van der Waals surface area contributed by atoms with Crippen LogP contribution in [0.5, 0.6) is 0 Å². The highest BCUT2D eigenvalue weighted by Crippen LogP contribution is 2.18. The van der Waals surface area contributed by atoms with E-state index >= 15 is 0 Å². The Labute approximate surface area is 154 Å². The number of hydrogen-bond acceptors (Lipinski definition) is 4. The Kier molecular flexibility index (Phi) is 6.05. The van der Waals surface area contributed by atoms with Crippen LogP contribution in [0.4, 0.5) is 4.39 Å². The van der Waals surface area contributed by atoms with E-state index in [1.54, 1.807) is 12.1 Å². The van der Waals surface area contributed by atoms with Gasteiger partial charge < -0.3 is 0 Å². The fourth-order valence-corrected chi connectivity index (χ4v) is 4.59. The van der Waals surface area contributed by atoms with Gasteiger partial charge in [-0.15, -0.1) is 0 Å². The van der Waals surface area contributed by atoms with Crippen LogP contribution in [0.1, 0.15) is 26.2 Å². The molecule has 142 valence electrons. The second-order valence-corrected chi connectivity index (χ2v) is 8.59. The van der Waals surface area contributed by atoms with Gasteiger partial charge in [-0.25, -0.2) is 17.5 Å². The minimum absolute atomic E-state index is 0.0233. The van der Waals surface area contributed by atoms with Crippen LogP contribution in [0.25, 0.3) is 11.3 Å². The summed E-state index contributed by atoms with van der Waals surface area (Å²) in [6.07, 6.45) is 4.14. The number of nitrogens with one attached hydrogen (secondary N) is 1. The average Bonchev–Trinajstić information content (AvgIpc) is 3.05. The van der Waals surface area contributed by atoms with Gasteiger partial charge in [0.2, 0.25) is 10.0 Å². The third-order valence-electron chi connectivity index (χ3n) is 4.53. The van der Waals surface area contributed by atoms with Crippen molar-refractivity contribution in [2.75, 3.05) is 18.8 Å². The number of aromatic nitrogens is 2. The zero-order chi connectivity index (χ0) is 18.6. The minimum atomic E-state index is -3.15. The van der Waals surface area contributed by atoms with Crippen LogP contribution in [0.3, 0.4) is 0 Å². The van der Waals surface area contributed by atoms with Crippen LogP contribution in [0, 0.1) is 5.82 Å². The molecule has 2 aromatic rings. The van der Waals surface area contributed by atoms with E-state index in [1.165, 1.54) is 12.1 Å². The van der Waals surface area contributed by atoms with E-state index in [1.807, 2.05) is 23.9 Å². The zero-order valence-electron chi connectivity index (χ0n) is 14.9. The van der Waals surface area contributed by atoms with Gasteiger partial charge in [0.1, 0.15) is 5.82 Å². The monoisotopic (exact) mass is 380 g/mol. The lowest BCUT2D eigenvalue weighted by Gasteiger charge is -2.31. The molecule has 1 aliphatic heterocycles. The summed E-state index contributed by atoms with van der Waals surface area (Å²) in [5.74, 6) is -0.0715. The number of benzene rings is 1. The van der Waals surface area contributed by atoms with Crippen molar-refractivity contribution in [3.05, 3.63) is 42.3 Å². The molecule has 6 nitrogen and oxygen atoms in total. The van der Waals surface area contributed by atoms with Crippen LogP contribution >= 0.6 is 0 Å². The molecule has 1 aromatic carbocycles. The first-order valence-electron chi connectivity index (χ1n) is 8.97. The summed E-state index contributed by atoms with van der Waals surface area (Å²) in [5.41, 5.74) is 1.70. The van der Waals surface area contributed by atoms with Crippen molar-refractivity contribution in [3.63, 3.8) is 0 Å². The molecule has 26 heavy (non-hydrogen) atoms.